The second kappa shape index (κ2) is 7.64. The van der Waals surface area contributed by atoms with Crippen LogP contribution in [0, 0.1) is 6.92 Å². The number of likely N-dealkylation sites (tertiary alicyclic amines) is 1. The lowest BCUT2D eigenvalue weighted by atomic mass is 9.96. The molecule has 3 aromatic heterocycles. The molecule has 0 N–H and O–H groups in total. The fourth-order valence-electron chi connectivity index (χ4n) is 3.94. The third kappa shape index (κ3) is 3.80. The van der Waals surface area contributed by atoms with Gasteiger partial charge in [0.2, 0.25) is 0 Å². The highest BCUT2D eigenvalue weighted by molar-refractivity contribution is 5.16. The zero-order valence-corrected chi connectivity index (χ0v) is 16.4. The first-order valence-corrected chi connectivity index (χ1v) is 9.73. The van der Waals surface area contributed by atoms with E-state index in [1.165, 1.54) is 18.4 Å². The number of aryl methyl sites for hydroxylation is 2. The van der Waals surface area contributed by atoms with Crippen LogP contribution in [0.5, 0.6) is 0 Å². The lowest BCUT2D eigenvalue weighted by Crippen LogP contribution is -2.35. The van der Waals surface area contributed by atoms with Crippen LogP contribution >= 0.6 is 0 Å². The summed E-state index contributed by atoms with van der Waals surface area (Å²) in [5.41, 5.74) is 2.47. The van der Waals surface area contributed by atoms with Gasteiger partial charge in [-0.15, -0.1) is 10.2 Å². The predicted octanol–water partition coefficient (Wildman–Crippen LogP) is 1.96. The van der Waals surface area contributed by atoms with Gasteiger partial charge in [-0.2, -0.15) is 5.10 Å². The molecule has 3 aromatic rings. The van der Waals surface area contributed by atoms with E-state index >= 15 is 0 Å². The number of hydrogen-bond donors (Lipinski definition) is 0. The first-order valence-electron chi connectivity index (χ1n) is 9.73. The zero-order valence-electron chi connectivity index (χ0n) is 16.4. The van der Waals surface area contributed by atoms with Crippen LogP contribution in [0.2, 0.25) is 0 Å². The van der Waals surface area contributed by atoms with E-state index in [1.807, 2.05) is 21.8 Å². The van der Waals surface area contributed by atoms with Gasteiger partial charge < -0.3 is 9.13 Å². The Kier molecular flexibility index (Phi) is 5.07. The Morgan fingerprint density at radius 1 is 1.22 bits per heavy atom. The summed E-state index contributed by atoms with van der Waals surface area (Å²) < 4.78 is 6.21. The molecule has 1 aliphatic rings. The van der Waals surface area contributed by atoms with Crippen molar-refractivity contribution < 1.29 is 0 Å². The van der Waals surface area contributed by atoms with E-state index in [1.54, 1.807) is 6.20 Å². The third-order valence-electron chi connectivity index (χ3n) is 5.52. The van der Waals surface area contributed by atoms with Crippen LogP contribution < -0.4 is 0 Å². The second-order valence-corrected chi connectivity index (χ2v) is 7.44. The number of rotatable bonds is 6. The maximum absolute atomic E-state index is 4.58. The summed E-state index contributed by atoms with van der Waals surface area (Å²) in [6.45, 7) is 8.97. The van der Waals surface area contributed by atoms with Crippen LogP contribution in [0.25, 0.3) is 0 Å². The van der Waals surface area contributed by atoms with Crippen LogP contribution in [0.3, 0.4) is 0 Å². The monoisotopic (exact) mass is 368 g/mol. The molecule has 8 heteroatoms. The number of piperidine rings is 1. The smallest absolute Gasteiger partial charge is 0.152 e. The Balaban J connectivity index is 1.45. The molecule has 1 fully saturated rings. The van der Waals surface area contributed by atoms with Gasteiger partial charge >= 0.3 is 0 Å². The molecule has 8 nitrogen and oxygen atoms in total. The summed E-state index contributed by atoms with van der Waals surface area (Å²) in [6.07, 6.45) is 10.1. The van der Waals surface area contributed by atoms with Gasteiger partial charge in [0, 0.05) is 56.8 Å². The fourth-order valence-corrected chi connectivity index (χ4v) is 3.94. The molecule has 0 unspecified atom stereocenters. The molecular weight excluding hydrogens is 340 g/mol. The fraction of sp³-hybridized carbons (Fsp3) is 0.579. The van der Waals surface area contributed by atoms with Gasteiger partial charge in [0.05, 0.1) is 18.6 Å². The van der Waals surface area contributed by atoms with Crippen molar-refractivity contribution in [1.82, 2.24) is 39.0 Å². The van der Waals surface area contributed by atoms with Crippen molar-refractivity contribution in [2.75, 3.05) is 13.1 Å². The van der Waals surface area contributed by atoms with E-state index < -0.39 is 0 Å². The SMILES string of the molecule is CCn1cc(CN2CCC[C@@H](c3nnc(Cn4ccnc4)n3C)C2)c(C)n1. The number of imidazole rings is 1. The van der Waals surface area contributed by atoms with Crippen LogP contribution in [0.15, 0.2) is 24.9 Å². The van der Waals surface area contributed by atoms with E-state index in [2.05, 4.69) is 56.8 Å². The first-order chi connectivity index (χ1) is 13.1. The average molecular weight is 368 g/mol. The maximum atomic E-state index is 4.58. The van der Waals surface area contributed by atoms with Crippen molar-refractivity contribution in [3.63, 3.8) is 0 Å². The Labute approximate surface area is 159 Å². The van der Waals surface area contributed by atoms with E-state index in [0.717, 1.165) is 43.5 Å². The van der Waals surface area contributed by atoms with Crippen LogP contribution in [0.4, 0.5) is 0 Å². The normalized spacial score (nSPS) is 18.3. The minimum absolute atomic E-state index is 0.425. The zero-order chi connectivity index (χ0) is 18.8. The lowest BCUT2D eigenvalue weighted by molar-refractivity contribution is 0.194. The van der Waals surface area contributed by atoms with E-state index in [-0.39, 0.29) is 0 Å². The number of aromatic nitrogens is 7. The molecule has 0 aliphatic carbocycles. The van der Waals surface area contributed by atoms with Gasteiger partial charge in [-0.1, -0.05) is 0 Å². The van der Waals surface area contributed by atoms with Gasteiger partial charge in [0.1, 0.15) is 5.82 Å². The molecule has 0 saturated carbocycles. The number of hydrogen-bond acceptors (Lipinski definition) is 5. The molecule has 27 heavy (non-hydrogen) atoms. The van der Waals surface area contributed by atoms with Crippen molar-refractivity contribution in [2.45, 2.75) is 52.2 Å². The summed E-state index contributed by atoms with van der Waals surface area (Å²) >= 11 is 0. The highest BCUT2D eigenvalue weighted by Crippen LogP contribution is 2.27. The second-order valence-electron chi connectivity index (χ2n) is 7.44. The highest BCUT2D eigenvalue weighted by atomic mass is 15.3. The minimum Gasteiger partial charge on any atom is -0.330 e. The first kappa shape index (κ1) is 17.9. The minimum atomic E-state index is 0.425. The number of nitrogens with zero attached hydrogens (tertiary/aromatic N) is 8. The Morgan fingerprint density at radius 2 is 2.11 bits per heavy atom. The topological polar surface area (TPSA) is 69.6 Å². The van der Waals surface area contributed by atoms with E-state index in [0.29, 0.717) is 12.5 Å². The standard InChI is InChI=1S/C19H28N8/c1-4-27-12-17(15(2)23-27)11-25-8-5-6-16(10-25)19-22-21-18(24(19)3)13-26-9-7-20-14-26/h7,9,12,14,16H,4-6,8,10-11,13H2,1-3H3/t16-/m1/s1. The van der Waals surface area contributed by atoms with E-state index in [9.17, 15) is 0 Å². The van der Waals surface area contributed by atoms with Gasteiger partial charge in [0.25, 0.3) is 0 Å². The van der Waals surface area contributed by atoms with Gasteiger partial charge in [-0.05, 0) is 33.2 Å². The maximum Gasteiger partial charge on any atom is 0.152 e. The molecule has 4 rings (SSSR count). The van der Waals surface area contributed by atoms with Gasteiger partial charge in [-0.25, -0.2) is 4.98 Å². The van der Waals surface area contributed by atoms with Crippen molar-refractivity contribution >= 4 is 0 Å². The molecule has 0 spiro atoms. The van der Waals surface area contributed by atoms with Crippen LogP contribution in [-0.4, -0.2) is 52.1 Å². The summed E-state index contributed by atoms with van der Waals surface area (Å²) in [6, 6.07) is 0. The lowest BCUT2D eigenvalue weighted by Gasteiger charge is -2.32. The molecule has 0 aromatic carbocycles. The quantitative estimate of drug-likeness (QED) is 0.665. The third-order valence-corrected chi connectivity index (χ3v) is 5.52. The Morgan fingerprint density at radius 3 is 2.85 bits per heavy atom. The Bertz CT molecular complexity index is 876. The van der Waals surface area contributed by atoms with Gasteiger partial charge in [-0.3, -0.25) is 9.58 Å². The van der Waals surface area contributed by atoms with Crippen molar-refractivity contribution in [3.05, 3.63) is 47.8 Å². The van der Waals surface area contributed by atoms with Gasteiger partial charge in [0.15, 0.2) is 5.82 Å². The molecule has 1 saturated heterocycles. The van der Waals surface area contributed by atoms with Crippen molar-refractivity contribution in [2.24, 2.45) is 7.05 Å². The molecule has 4 heterocycles. The van der Waals surface area contributed by atoms with Crippen molar-refractivity contribution in [3.8, 4) is 0 Å². The predicted molar refractivity (Wildman–Crippen MR) is 102 cm³/mol. The van der Waals surface area contributed by atoms with Crippen LogP contribution in [0.1, 0.15) is 48.6 Å². The molecular formula is C19H28N8. The molecule has 0 amide bonds. The largest absolute Gasteiger partial charge is 0.330 e. The molecule has 144 valence electrons. The summed E-state index contributed by atoms with van der Waals surface area (Å²) in [5.74, 6) is 2.49. The highest BCUT2D eigenvalue weighted by Gasteiger charge is 2.26. The summed E-state index contributed by atoms with van der Waals surface area (Å²) in [7, 11) is 2.08. The van der Waals surface area contributed by atoms with E-state index in [4.69, 9.17) is 0 Å². The molecule has 1 aliphatic heterocycles. The van der Waals surface area contributed by atoms with Crippen molar-refractivity contribution in [1.29, 1.82) is 0 Å². The molecule has 0 radical (unpaired) electrons. The Hall–Kier alpha value is -2.48. The molecule has 1 atom stereocenters. The van der Waals surface area contributed by atoms with Crippen LogP contribution in [-0.2, 0) is 26.7 Å². The molecule has 0 bridgehead atoms. The average Bonchev–Trinajstić information content (AvgIpc) is 3.39. The summed E-state index contributed by atoms with van der Waals surface area (Å²) in [4.78, 5) is 6.63. The summed E-state index contributed by atoms with van der Waals surface area (Å²) in [5, 5.41) is 13.5.